The van der Waals surface area contributed by atoms with Crippen molar-refractivity contribution >= 4 is 17.2 Å². The second kappa shape index (κ2) is 8.09. The van der Waals surface area contributed by atoms with Gasteiger partial charge in [-0.1, -0.05) is 18.2 Å². The second-order valence-corrected chi connectivity index (χ2v) is 7.50. The SMILES string of the molecule is C/C=C/c1cc(C)cc2nc(Cc3ccc(OC)c(OC4CCCC4)c3)oc12. The van der Waals surface area contributed by atoms with Gasteiger partial charge in [0, 0.05) is 12.0 Å². The smallest absolute Gasteiger partial charge is 0.199 e. The predicted molar refractivity (Wildman–Crippen MR) is 112 cm³/mol. The fourth-order valence-corrected chi connectivity index (χ4v) is 3.91. The number of hydrogen-bond donors (Lipinski definition) is 0. The molecule has 0 amide bonds. The summed E-state index contributed by atoms with van der Waals surface area (Å²) in [4.78, 5) is 4.71. The van der Waals surface area contributed by atoms with Gasteiger partial charge >= 0.3 is 0 Å². The van der Waals surface area contributed by atoms with Gasteiger partial charge in [0.15, 0.2) is 23.0 Å². The second-order valence-electron chi connectivity index (χ2n) is 7.50. The van der Waals surface area contributed by atoms with Crippen LogP contribution in [0.3, 0.4) is 0 Å². The number of rotatable bonds is 6. The van der Waals surface area contributed by atoms with Gasteiger partial charge in [-0.05, 0) is 74.9 Å². The fraction of sp³-hybridized carbons (Fsp3) is 0.375. The number of nitrogens with zero attached hydrogens (tertiary/aromatic N) is 1. The number of aromatic nitrogens is 1. The van der Waals surface area contributed by atoms with Crippen LogP contribution in [0.1, 0.15) is 55.2 Å². The number of aryl methyl sites for hydroxylation is 1. The van der Waals surface area contributed by atoms with Crippen LogP contribution in [0.15, 0.2) is 40.8 Å². The molecule has 3 aromatic rings. The molecule has 0 N–H and O–H groups in total. The molecular weight excluding hydrogens is 350 g/mol. The monoisotopic (exact) mass is 377 g/mol. The van der Waals surface area contributed by atoms with E-state index in [9.17, 15) is 0 Å². The van der Waals surface area contributed by atoms with Crippen LogP contribution in [0, 0.1) is 6.92 Å². The lowest BCUT2D eigenvalue weighted by atomic mass is 10.1. The van der Waals surface area contributed by atoms with E-state index in [1.807, 2.05) is 25.1 Å². The lowest BCUT2D eigenvalue weighted by Crippen LogP contribution is -2.11. The van der Waals surface area contributed by atoms with Crippen molar-refractivity contribution in [3.8, 4) is 11.5 Å². The molecule has 0 bridgehead atoms. The largest absolute Gasteiger partial charge is 0.493 e. The number of fused-ring (bicyclic) bond motifs is 1. The Bertz CT molecular complexity index is 996. The number of ether oxygens (including phenoxy) is 2. The Kier molecular flexibility index (Phi) is 5.38. The van der Waals surface area contributed by atoms with Crippen molar-refractivity contribution in [2.24, 2.45) is 0 Å². The molecule has 0 atom stereocenters. The third-order valence-electron chi connectivity index (χ3n) is 5.23. The fourth-order valence-electron chi connectivity index (χ4n) is 3.91. The summed E-state index contributed by atoms with van der Waals surface area (Å²) in [6, 6.07) is 10.3. The average molecular weight is 377 g/mol. The van der Waals surface area contributed by atoms with Crippen molar-refractivity contribution in [3.63, 3.8) is 0 Å². The van der Waals surface area contributed by atoms with Gasteiger partial charge in [-0.3, -0.25) is 0 Å². The van der Waals surface area contributed by atoms with Crippen LogP contribution in [-0.2, 0) is 6.42 Å². The number of allylic oxidation sites excluding steroid dienone is 1. The Hall–Kier alpha value is -2.75. The van der Waals surface area contributed by atoms with Crippen LogP contribution in [-0.4, -0.2) is 18.2 Å². The molecule has 4 nitrogen and oxygen atoms in total. The molecule has 1 fully saturated rings. The average Bonchev–Trinajstić information content (AvgIpc) is 3.32. The molecule has 1 aliphatic carbocycles. The third-order valence-corrected chi connectivity index (χ3v) is 5.23. The molecular formula is C24H27NO3. The third kappa shape index (κ3) is 3.91. The summed E-state index contributed by atoms with van der Waals surface area (Å²) in [5.74, 6) is 2.30. The van der Waals surface area contributed by atoms with Crippen LogP contribution < -0.4 is 9.47 Å². The molecule has 1 aromatic heterocycles. The lowest BCUT2D eigenvalue weighted by Gasteiger charge is -2.16. The highest BCUT2D eigenvalue weighted by Crippen LogP contribution is 2.33. The first-order chi connectivity index (χ1) is 13.7. The van der Waals surface area contributed by atoms with Crippen molar-refractivity contribution in [3.05, 3.63) is 59.0 Å². The lowest BCUT2D eigenvalue weighted by molar-refractivity contribution is 0.200. The summed E-state index contributed by atoms with van der Waals surface area (Å²) < 4.78 is 17.8. The maximum atomic E-state index is 6.22. The van der Waals surface area contributed by atoms with E-state index < -0.39 is 0 Å². The van der Waals surface area contributed by atoms with Gasteiger partial charge in [0.1, 0.15) is 5.52 Å². The zero-order chi connectivity index (χ0) is 19.5. The highest BCUT2D eigenvalue weighted by atomic mass is 16.5. The molecule has 0 aliphatic heterocycles. The number of oxazole rings is 1. The van der Waals surface area contributed by atoms with Gasteiger partial charge in [-0.15, -0.1) is 0 Å². The molecule has 1 aliphatic rings. The molecule has 0 unspecified atom stereocenters. The van der Waals surface area contributed by atoms with E-state index in [1.165, 1.54) is 18.4 Å². The maximum Gasteiger partial charge on any atom is 0.199 e. The van der Waals surface area contributed by atoms with E-state index in [2.05, 4.69) is 31.2 Å². The minimum atomic E-state index is 0.292. The molecule has 1 heterocycles. The molecule has 146 valence electrons. The van der Waals surface area contributed by atoms with Crippen LogP contribution in [0.5, 0.6) is 11.5 Å². The Balaban J connectivity index is 1.62. The molecule has 0 saturated heterocycles. The van der Waals surface area contributed by atoms with Gasteiger partial charge in [-0.25, -0.2) is 4.98 Å². The summed E-state index contributed by atoms with van der Waals surface area (Å²) in [6.45, 7) is 4.09. The summed E-state index contributed by atoms with van der Waals surface area (Å²) >= 11 is 0. The molecule has 4 rings (SSSR count). The van der Waals surface area contributed by atoms with Gasteiger partial charge in [0.05, 0.1) is 13.2 Å². The van der Waals surface area contributed by atoms with Gasteiger partial charge < -0.3 is 13.9 Å². The first-order valence-corrected chi connectivity index (χ1v) is 10.0. The molecule has 1 saturated carbocycles. The summed E-state index contributed by atoms with van der Waals surface area (Å²) in [5, 5.41) is 0. The van der Waals surface area contributed by atoms with Crippen molar-refractivity contribution in [2.75, 3.05) is 7.11 Å². The van der Waals surface area contributed by atoms with Crippen LogP contribution in [0.2, 0.25) is 0 Å². The van der Waals surface area contributed by atoms with E-state index in [4.69, 9.17) is 18.9 Å². The highest BCUT2D eigenvalue weighted by molar-refractivity contribution is 5.83. The van der Waals surface area contributed by atoms with E-state index in [-0.39, 0.29) is 0 Å². The highest BCUT2D eigenvalue weighted by Gasteiger charge is 2.19. The Morgan fingerprint density at radius 1 is 1.14 bits per heavy atom. The van der Waals surface area contributed by atoms with E-state index >= 15 is 0 Å². The normalized spacial score (nSPS) is 15.0. The van der Waals surface area contributed by atoms with E-state index in [0.29, 0.717) is 18.4 Å². The first-order valence-electron chi connectivity index (χ1n) is 10.0. The Labute approximate surface area is 166 Å². The quantitative estimate of drug-likeness (QED) is 0.521. The molecule has 0 spiro atoms. The zero-order valence-corrected chi connectivity index (χ0v) is 16.8. The van der Waals surface area contributed by atoms with Crippen LogP contribution >= 0.6 is 0 Å². The zero-order valence-electron chi connectivity index (χ0n) is 16.8. The minimum Gasteiger partial charge on any atom is -0.493 e. The van der Waals surface area contributed by atoms with Gasteiger partial charge in [0.2, 0.25) is 0 Å². The topological polar surface area (TPSA) is 44.5 Å². The van der Waals surface area contributed by atoms with Crippen molar-refractivity contribution in [2.45, 2.75) is 52.1 Å². The Morgan fingerprint density at radius 2 is 1.96 bits per heavy atom. The summed E-state index contributed by atoms with van der Waals surface area (Å²) in [5.41, 5.74) is 5.09. The van der Waals surface area contributed by atoms with Crippen molar-refractivity contribution in [1.29, 1.82) is 0 Å². The van der Waals surface area contributed by atoms with E-state index in [1.54, 1.807) is 7.11 Å². The molecule has 2 aromatic carbocycles. The molecule has 0 radical (unpaired) electrons. The summed E-state index contributed by atoms with van der Waals surface area (Å²) in [6.07, 6.45) is 9.70. The van der Waals surface area contributed by atoms with Crippen molar-refractivity contribution < 1.29 is 13.9 Å². The number of benzene rings is 2. The Morgan fingerprint density at radius 3 is 2.71 bits per heavy atom. The van der Waals surface area contributed by atoms with Gasteiger partial charge in [0.25, 0.3) is 0 Å². The maximum absolute atomic E-state index is 6.22. The van der Waals surface area contributed by atoms with E-state index in [0.717, 1.165) is 46.6 Å². The number of hydrogen-bond acceptors (Lipinski definition) is 4. The molecule has 4 heteroatoms. The minimum absolute atomic E-state index is 0.292. The van der Waals surface area contributed by atoms with Gasteiger partial charge in [-0.2, -0.15) is 0 Å². The first kappa shape index (κ1) is 18.6. The van der Waals surface area contributed by atoms with Crippen molar-refractivity contribution in [1.82, 2.24) is 4.98 Å². The predicted octanol–water partition coefficient (Wildman–Crippen LogP) is 6.09. The molecule has 28 heavy (non-hydrogen) atoms. The van der Waals surface area contributed by atoms with Crippen LogP contribution in [0.4, 0.5) is 0 Å². The van der Waals surface area contributed by atoms with Crippen LogP contribution in [0.25, 0.3) is 17.2 Å². The number of methoxy groups -OCH3 is 1. The summed E-state index contributed by atoms with van der Waals surface area (Å²) in [7, 11) is 1.68. The standard InChI is InChI=1S/C24H27NO3/c1-4-7-18-12-16(2)13-20-24(18)28-23(25-20)15-17-10-11-21(26-3)22(14-17)27-19-8-5-6-9-19/h4,7,10-14,19H,5-6,8-9,15H2,1-3H3/b7-4+.